The third-order valence-corrected chi connectivity index (χ3v) is 3.92. The SMILES string of the molecule is C[C@@H]1CSc2ccccc2NC1=S. The highest BCUT2D eigenvalue weighted by molar-refractivity contribution is 7.99. The van der Waals surface area contributed by atoms with Gasteiger partial charge in [-0.15, -0.1) is 11.8 Å². The van der Waals surface area contributed by atoms with Gasteiger partial charge in [0.05, 0.1) is 10.7 Å². The number of anilines is 1. The zero-order chi connectivity index (χ0) is 9.26. The van der Waals surface area contributed by atoms with Crippen LogP contribution in [-0.4, -0.2) is 10.7 Å². The van der Waals surface area contributed by atoms with Crippen LogP contribution >= 0.6 is 24.0 Å². The number of thiocarbonyl (C=S) groups is 1. The largest absolute Gasteiger partial charge is 0.349 e. The van der Waals surface area contributed by atoms with Crippen molar-refractivity contribution in [3.05, 3.63) is 24.3 Å². The Balaban J connectivity index is 2.35. The predicted molar refractivity (Wildman–Crippen MR) is 62.6 cm³/mol. The van der Waals surface area contributed by atoms with Crippen molar-refractivity contribution in [3.63, 3.8) is 0 Å². The molecule has 1 nitrogen and oxygen atoms in total. The monoisotopic (exact) mass is 209 g/mol. The van der Waals surface area contributed by atoms with Crippen molar-refractivity contribution in [1.29, 1.82) is 0 Å². The molecule has 1 aliphatic rings. The van der Waals surface area contributed by atoms with Crippen molar-refractivity contribution in [1.82, 2.24) is 0 Å². The van der Waals surface area contributed by atoms with Crippen LogP contribution in [0.5, 0.6) is 0 Å². The van der Waals surface area contributed by atoms with Crippen molar-refractivity contribution >= 4 is 34.7 Å². The summed E-state index contributed by atoms with van der Waals surface area (Å²) in [6.07, 6.45) is 0. The molecule has 0 aromatic heterocycles. The van der Waals surface area contributed by atoms with Crippen molar-refractivity contribution in [2.45, 2.75) is 11.8 Å². The maximum atomic E-state index is 5.27. The summed E-state index contributed by atoms with van der Waals surface area (Å²) in [5.74, 6) is 1.54. The Labute approximate surface area is 87.9 Å². The quantitative estimate of drug-likeness (QED) is 0.659. The first-order chi connectivity index (χ1) is 6.27. The van der Waals surface area contributed by atoms with Gasteiger partial charge >= 0.3 is 0 Å². The Kier molecular flexibility index (Phi) is 2.56. The van der Waals surface area contributed by atoms with Gasteiger partial charge < -0.3 is 5.32 Å². The van der Waals surface area contributed by atoms with Gasteiger partial charge in [0.2, 0.25) is 0 Å². The van der Waals surface area contributed by atoms with Crippen LogP contribution in [0.1, 0.15) is 6.92 Å². The maximum Gasteiger partial charge on any atom is 0.0834 e. The molecule has 1 aromatic carbocycles. The number of fused-ring (bicyclic) bond motifs is 1. The summed E-state index contributed by atoms with van der Waals surface area (Å²) in [6.45, 7) is 2.16. The highest BCUT2D eigenvalue weighted by Crippen LogP contribution is 2.32. The summed E-state index contributed by atoms with van der Waals surface area (Å²) in [4.78, 5) is 2.26. The van der Waals surface area contributed by atoms with Gasteiger partial charge in [-0.3, -0.25) is 0 Å². The molecule has 3 heteroatoms. The number of nitrogens with one attached hydrogen (secondary N) is 1. The fraction of sp³-hybridized carbons (Fsp3) is 0.300. The van der Waals surface area contributed by atoms with Gasteiger partial charge in [0.25, 0.3) is 0 Å². The number of hydrogen-bond acceptors (Lipinski definition) is 2. The molecule has 1 atom stereocenters. The van der Waals surface area contributed by atoms with Gasteiger partial charge in [-0.05, 0) is 12.1 Å². The molecule has 68 valence electrons. The molecule has 1 N–H and O–H groups in total. The molecule has 2 rings (SSSR count). The summed E-state index contributed by atoms with van der Waals surface area (Å²) >= 11 is 7.14. The number of benzene rings is 1. The van der Waals surface area contributed by atoms with Gasteiger partial charge in [0.1, 0.15) is 0 Å². The molecule has 1 aromatic rings. The lowest BCUT2D eigenvalue weighted by Crippen LogP contribution is -2.17. The van der Waals surface area contributed by atoms with Gasteiger partial charge in [0.15, 0.2) is 0 Å². The lowest BCUT2D eigenvalue weighted by molar-refractivity contribution is 0.918. The first-order valence-corrected chi connectivity index (χ1v) is 5.69. The summed E-state index contributed by atoms with van der Waals surface area (Å²) in [5.41, 5.74) is 1.15. The Morgan fingerprint density at radius 2 is 2.23 bits per heavy atom. The van der Waals surface area contributed by atoms with E-state index in [9.17, 15) is 0 Å². The van der Waals surface area contributed by atoms with E-state index in [2.05, 4.69) is 30.4 Å². The van der Waals surface area contributed by atoms with Gasteiger partial charge in [-0.2, -0.15) is 0 Å². The standard InChI is InChI=1S/C10H11NS2/c1-7-6-13-9-5-3-2-4-8(9)11-10(7)12/h2-5,7H,6H2,1H3,(H,11,12)/t7-/m1/s1. The van der Waals surface area contributed by atoms with Crippen molar-refractivity contribution in [2.75, 3.05) is 11.1 Å². The number of hydrogen-bond donors (Lipinski definition) is 1. The van der Waals surface area contributed by atoms with Crippen LogP contribution in [0.4, 0.5) is 5.69 Å². The first-order valence-electron chi connectivity index (χ1n) is 4.30. The van der Waals surface area contributed by atoms with Crippen LogP contribution in [0.25, 0.3) is 0 Å². The summed E-state index contributed by atoms with van der Waals surface area (Å²) < 4.78 is 0. The predicted octanol–water partition coefficient (Wildman–Crippen LogP) is 3.17. The second-order valence-electron chi connectivity index (χ2n) is 3.20. The van der Waals surface area contributed by atoms with Crippen LogP contribution in [0.3, 0.4) is 0 Å². The van der Waals surface area contributed by atoms with E-state index in [-0.39, 0.29) is 0 Å². The molecule has 0 bridgehead atoms. The van der Waals surface area contributed by atoms with Gasteiger partial charge in [-0.25, -0.2) is 0 Å². The summed E-state index contributed by atoms with van der Waals surface area (Å²) in [6, 6.07) is 8.30. The minimum absolute atomic E-state index is 0.465. The van der Waals surface area contributed by atoms with Crippen LogP contribution in [0, 0.1) is 5.92 Å². The molecular weight excluding hydrogens is 198 g/mol. The minimum Gasteiger partial charge on any atom is -0.349 e. The molecule has 0 radical (unpaired) electrons. The maximum absolute atomic E-state index is 5.27. The fourth-order valence-corrected chi connectivity index (χ4v) is 2.59. The second kappa shape index (κ2) is 3.68. The van der Waals surface area contributed by atoms with E-state index in [1.165, 1.54) is 4.90 Å². The average molecular weight is 209 g/mol. The molecule has 13 heavy (non-hydrogen) atoms. The van der Waals surface area contributed by atoms with E-state index in [1.54, 1.807) is 0 Å². The lowest BCUT2D eigenvalue weighted by Gasteiger charge is -2.08. The van der Waals surface area contributed by atoms with E-state index in [1.807, 2.05) is 17.8 Å². The van der Waals surface area contributed by atoms with Crippen LogP contribution in [0.15, 0.2) is 29.2 Å². The topological polar surface area (TPSA) is 12.0 Å². The zero-order valence-electron chi connectivity index (χ0n) is 7.41. The fourth-order valence-electron chi connectivity index (χ4n) is 1.24. The molecule has 0 unspecified atom stereocenters. The smallest absolute Gasteiger partial charge is 0.0834 e. The zero-order valence-corrected chi connectivity index (χ0v) is 9.04. The van der Waals surface area contributed by atoms with Crippen LogP contribution < -0.4 is 5.32 Å². The number of thioether (sulfide) groups is 1. The van der Waals surface area contributed by atoms with Crippen LogP contribution in [0.2, 0.25) is 0 Å². The molecule has 0 saturated heterocycles. The molecule has 0 aliphatic carbocycles. The highest BCUT2D eigenvalue weighted by atomic mass is 32.2. The molecule has 1 aliphatic heterocycles. The van der Waals surface area contributed by atoms with Crippen molar-refractivity contribution in [2.24, 2.45) is 5.92 Å². The Morgan fingerprint density at radius 1 is 1.46 bits per heavy atom. The normalized spacial score (nSPS) is 21.6. The van der Waals surface area contributed by atoms with E-state index in [0.29, 0.717) is 5.92 Å². The van der Waals surface area contributed by atoms with E-state index in [0.717, 1.165) is 16.4 Å². The molecule has 0 spiro atoms. The number of rotatable bonds is 0. The molecular formula is C10H11NS2. The van der Waals surface area contributed by atoms with Crippen LogP contribution in [-0.2, 0) is 0 Å². The van der Waals surface area contributed by atoms with Crippen molar-refractivity contribution < 1.29 is 0 Å². The third-order valence-electron chi connectivity index (χ3n) is 2.08. The lowest BCUT2D eigenvalue weighted by atomic mass is 10.2. The minimum atomic E-state index is 0.465. The average Bonchev–Trinajstić information content (AvgIpc) is 2.28. The molecule has 0 fully saturated rings. The van der Waals surface area contributed by atoms with Crippen molar-refractivity contribution in [3.8, 4) is 0 Å². The van der Waals surface area contributed by atoms with E-state index < -0.39 is 0 Å². The third kappa shape index (κ3) is 1.86. The Morgan fingerprint density at radius 3 is 3.08 bits per heavy atom. The summed E-state index contributed by atoms with van der Waals surface area (Å²) in [5, 5.41) is 3.28. The van der Waals surface area contributed by atoms with E-state index >= 15 is 0 Å². The first kappa shape index (κ1) is 9.03. The summed E-state index contributed by atoms with van der Waals surface area (Å²) in [7, 11) is 0. The van der Waals surface area contributed by atoms with Gasteiger partial charge in [-0.1, -0.05) is 31.3 Å². The highest BCUT2D eigenvalue weighted by Gasteiger charge is 2.16. The van der Waals surface area contributed by atoms with Gasteiger partial charge in [0, 0.05) is 16.6 Å². The molecule has 0 saturated carbocycles. The molecule has 0 amide bonds. The second-order valence-corrected chi connectivity index (χ2v) is 4.70. The van der Waals surface area contributed by atoms with E-state index in [4.69, 9.17) is 12.2 Å². The number of para-hydroxylation sites is 1. The molecule has 1 heterocycles. The Bertz CT molecular complexity index is 335. The Hall–Kier alpha value is -0.540.